The first-order chi connectivity index (χ1) is 14.5. The third kappa shape index (κ3) is 4.76. The number of benzene rings is 1. The summed E-state index contributed by atoms with van der Waals surface area (Å²) < 4.78 is 44.6. The van der Waals surface area contributed by atoms with Gasteiger partial charge in [0.2, 0.25) is 0 Å². The van der Waals surface area contributed by atoms with Crippen molar-refractivity contribution in [3.8, 4) is 11.3 Å². The minimum absolute atomic E-state index is 0.0351. The normalized spacial score (nSPS) is 11.9. The van der Waals surface area contributed by atoms with Gasteiger partial charge in [-0.1, -0.05) is 13.8 Å². The summed E-state index contributed by atoms with van der Waals surface area (Å²) in [6.07, 6.45) is 4.61. The molecule has 9 nitrogen and oxygen atoms in total. The largest absolute Gasteiger partial charge is 0.334 e. The van der Waals surface area contributed by atoms with Gasteiger partial charge in [0.05, 0.1) is 23.9 Å². The molecule has 0 radical (unpaired) electrons. The molecule has 0 saturated heterocycles. The van der Waals surface area contributed by atoms with Gasteiger partial charge < -0.3 is 9.88 Å². The molecule has 2 N–H and O–H groups in total. The van der Waals surface area contributed by atoms with Crippen molar-refractivity contribution in [3.63, 3.8) is 0 Å². The van der Waals surface area contributed by atoms with Crippen LogP contribution in [0.1, 0.15) is 45.2 Å². The maximum Gasteiger partial charge on any atom is 0.333 e. The Morgan fingerprint density at radius 1 is 1.19 bits per heavy atom. The monoisotopic (exact) mass is 448 g/mol. The summed E-state index contributed by atoms with van der Waals surface area (Å²) in [5.74, 6) is -0.617. The number of sulfonamides is 1. The first kappa shape index (κ1) is 22.5. The van der Waals surface area contributed by atoms with Gasteiger partial charge in [-0.3, -0.25) is 4.68 Å². The first-order valence-corrected chi connectivity index (χ1v) is 11.2. The zero-order valence-corrected chi connectivity index (χ0v) is 18.7. The van der Waals surface area contributed by atoms with Gasteiger partial charge in [-0.2, -0.15) is 13.5 Å². The quantitative estimate of drug-likeness (QED) is 0.598. The highest BCUT2D eigenvalue weighted by Gasteiger charge is 2.24. The van der Waals surface area contributed by atoms with E-state index in [1.165, 1.54) is 35.3 Å². The van der Waals surface area contributed by atoms with E-state index in [4.69, 9.17) is 0 Å². The molecule has 0 aliphatic heterocycles. The van der Waals surface area contributed by atoms with Gasteiger partial charge in [0.15, 0.2) is 5.03 Å². The molecule has 0 saturated carbocycles. The second-order valence-corrected chi connectivity index (χ2v) is 9.38. The maximum atomic E-state index is 14.3. The molecule has 0 unspecified atom stereocenters. The van der Waals surface area contributed by atoms with Crippen LogP contribution < -0.4 is 10.0 Å². The van der Waals surface area contributed by atoms with Crippen molar-refractivity contribution in [1.82, 2.24) is 24.1 Å². The molecule has 2 amide bonds. The zero-order valence-electron chi connectivity index (χ0n) is 17.9. The third-order valence-corrected chi connectivity index (χ3v) is 5.92. The summed E-state index contributed by atoms with van der Waals surface area (Å²) >= 11 is 0. The van der Waals surface area contributed by atoms with Gasteiger partial charge in [-0.25, -0.2) is 18.9 Å². The second kappa shape index (κ2) is 8.50. The lowest BCUT2D eigenvalue weighted by Gasteiger charge is -2.19. The number of amides is 2. The van der Waals surface area contributed by atoms with Crippen molar-refractivity contribution >= 4 is 21.7 Å². The first-order valence-electron chi connectivity index (χ1n) is 9.68. The Morgan fingerprint density at radius 2 is 1.90 bits per heavy atom. The van der Waals surface area contributed by atoms with E-state index in [9.17, 15) is 17.6 Å². The summed E-state index contributed by atoms with van der Waals surface area (Å²) in [5.41, 5.74) is 1.78. The predicted octanol–water partition coefficient (Wildman–Crippen LogP) is 3.64. The summed E-state index contributed by atoms with van der Waals surface area (Å²) in [6, 6.07) is 2.90. The number of hydrogen-bond donors (Lipinski definition) is 2. The number of halogens is 1. The van der Waals surface area contributed by atoms with Gasteiger partial charge in [-0.15, -0.1) is 0 Å². The highest BCUT2D eigenvalue weighted by molar-refractivity contribution is 7.90. The lowest BCUT2D eigenvalue weighted by Crippen LogP contribution is -2.35. The highest BCUT2D eigenvalue weighted by Crippen LogP contribution is 2.35. The molecule has 0 aliphatic rings. The van der Waals surface area contributed by atoms with Crippen molar-refractivity contribution in [1.29, 1.82) is 0 Å². The third-order valence-electron chi connectivity index (χ3n) is 4.70. The van der Waals surface area contributed by atoms with Crippen LogP contribution in [0, 0.1) is 5.82 Å². The molecule has 2 heterocycles. The summed E-state index contributed by atoms with van der Waals surface area (Å²) in [4.78, 5) is 16.7. The summed E-state index contributed by atoms with van der Waals surface area (Å²) in [6.45, 7) is 7.40. The van der Waals surface area contributed by atoms with Gasteiger partial charge in [-0.05, 0) is 43.5 Å². The summed E-state index contributed by atoms with van der Waals surface area (Å²) in [7, 11) is -2.46. The number of nitrogens with zero attached hydrogens (tertiary/aromatic N) is 4. The topological polar surface area (TPSA) is 111 Å². The Labute approximate surface area is 180 Å². The molecule has 0 fully saturated rings. The highest BCUT2D eigenvalue weighted by atomic mass is 32.2. The van der Waals surface area contributed by atoms with Gasteiger partial charge in [0.1, 0.15) is 5.82 Å². The van der Waals surface area contributed by atoms with Crippen LogP contribution in [0.3, 0.4) is 0 Å². The van der Waals surface area contributed by atoms with Crippen molar-refractivity contribution in [2.24, 2.45) is 7.05 Å². The lowest BCUT2D eigenvalue weighted by atomic mass is 9.96. The molecule has 2 aromatic heterocycles. The van der Waals surface area contributed by atoms with Gasteiger partial charge >= 0.3 is 6.03 Å². The Hall–Kier alpha value is -3.21. The Balaban J connectivity index is 1.96. The molecule has 0 atom stereocenters. The number of nitrogens with one attached hydrogen (secondary N) is 2. The fourth-order valence-electron chi connectivity index (χ4n) is 3.11. The van der Waals surface area contributed by atoms with E-state index in [0.29, 0.717) is 22.5 Å². The van der Waals surface area contributed by atoms with Crippen LogP contribution in [-0.4, -0.2) is 33.8 Å². The molecule has 3 aromatic rings. The standard InChI is InChI=1S/C20H25FN6O3S/c1-12(2)15-8-14(21)9-16(17-10-22-11-26(17)5)19(15)23-20(28)25-31(29,30)18-6-7-27(24-18)13(3)4/h6-13H,1-5H3,(H2,23,25,28). The number of carbonyl (C=O) groups excluding carboxylic acids is 1. The average molecular weight is 449 g/mol. The van der Waals surface area contributed by atoms with Crippen LogP contribution in [0.5, 0.6) is 0 Å². The van der Waals surface area contributed by atoms with Crippen LogP contribution in [-0.2, 0) is 17.1 Å². The molecular formula is C20H25FN6O3S. The number of imidazole rings is 1. The number of aryl methyl sites for hydroxylation is 1. The molecule has 11 heteroatoms. The smallest absolute Gasteiger partial charge is 0.333 e. The minimum Gasteiger partial charge on any atom is -0.334 e. The van der Waals surface area contributed by atoms with Crippen molar-refractivity contribution in [2.75, 3.05) is 5.32 Å². The molecule has 31 heavy (non-hydrogen) atoms. The van der Waals surface area contributed by atoms with Crippen LogP contribution in [0.2, 0.25) is 0 Å². The van der Waals surface area contributed by atoms with Crippen LogP contribution >= 0.6 is 0 Å². The van der Waals surface area contributed by atoms with E-state index in [1.807, 2.05) is 32.4 Å². The van der Waals surface area contributed by atoms with Gasteiger partial charge in [0.25, 0.3) is 10.0 Å². The summed E-state index contributed by atoms with van der Waals surface area (Å²) in [5, 5.41) is 6.31. The fraction of sp³-hybridized carbons (Fsp3) is 0.350. The number of rotatable bonds is 6. The Bertz CT molecular complexity index is 1210. The van der Waals surface area contributed by atoms with Crippen LogP contribution in [0.25, 0.3) is 11.3 Å². The van der Waals surface area contributed by atoms with E-state index < -0.39 is 21.9 Å². The number of anilines is 1. The molecule has 0 bridgehead atoms. The maximum absolute atomic E-state index is 14.3. The van der Waals surface area contributed by atoms with Crippen LogP contribution in [0.4, 0.5) is 14.9 Å². The number of hydrogen-bond acceptors (Lipinski definition) is 5. The Morgan fingerprint density at radius 3 is 2.45 bits per heavy atom. The van der Waals surface area contributed by atoms with Crippen molar-refractivity contribution in [2.45, 2.75) is 44.7 Å². The molecule has 0 aliphatic carbocycles. The molecule has 1 aromatic carbocycles. The Kier molecular flexibility index (Phi) is 6.16. The van der Waals surface area contributed by atoms with Crippen molar-refractivity contribution < 1.29 is 17.6 Å². The minimum atomic E-state index is -4.19. The fourth-order valence-corrected chi connectivity index (χ4v) is 3.95. The van der Waals surface area contributed by atoms with Crippen LogP contribution in [0.15, 0.2) is 41.9 Å². The molecule has 0 spiro atoms. The van der Waals surface area contributed by atoms with E-state index >= 15 is 0 Å². The second-order valence-electron chi connectivity index (χ2n) is 7.75. The van der Waals surface area contributed by atoms with E-state index in [1.54, 1.807) is 17.9 Å². The SMILES string of the molecule is CC(C)c1cc(F)cc(-c2cncn2C)c1NC(=O)NS(=O)(=O)c1ccn(C(C)C)n1. The predicted molar refractivity (Wildman–Crippen MR) is 115 cm³/mol. The average Bonchev–Trinajstić information content (AvgIpc) is 3.31. The van der Waals surface area contributed by atoms with Crippen molar-refractivity contribution in [3.05, 3.63) is 48.3 Å². The van der Waals surface area contributed by atoms with E-state index in [-0.39, 0.29) is 17.0 Å². The zero-order chi connectivity index (χ0) is 22.9. The number of aromatic nitrogens is 4. The van der Waals surface area contributed by atoms with E-state index in [0.717, 1.165) is 0 Å². The molecular weight excluding hydrogens is 423 g/mol. The number of urea groups is 1. The van der Waals surface area contributed by atoms with Gasteiger partial charge in [0, 0.05) is 24.8 Å². The number of carbonyl (C=O) groups is 1. The molecule has 3 rings (SSSR count). The lowest BCUT2D eigenvalue weighted by molar-refractivity contribution is 0.256. The molecule has 166 valence electrons. The van der Waals surface area contributed by atoms with E-state index in [2.05, 4.69) is 15.4 Å².